The first-order chi connectivity index (χ1) is 31.5. The van der Waals surface area contributed by atoms with Crippen LogP contribution in [0.3, 0.4) is 0 Å². The molecule has 0 saturated heterocycles. The zero-order chi connectivity index (χ0) is 46.5. The molecule has 0 aliphatic rings. The summed E-state index contributed by atoms with van der Waals surface area (Å²) in [6, 6.07) is -0.540. The highest BCUT2D eigenvalue weighted by atomic mass is 16.5. The van der Waals surface area contributed by atoms with E-state index in [2.05, 4.69) is 43.5 Å². The molecule has 1 amide bonds. The second kappa shape index (κ2) is 54.0. The van der Waals surface area contributed by atoms with Gasteiger partial charge in [-0.2, -0.15) is 0 Å². The molecular formula is C58H111NO5. The summed E-state index contributed by atoms with van der Waals surface area (Å²) in [5.74, 6) is -0.0358. The lowest BCUT2D eigenvalue weighted by molar-refractivity contribution is -0.143. The summed E-state index contributed by atoms with van der Waals surface area (Å²) in [7, 11) is 0. The third-order valence-corrected chi connectivity index (χ3v) is 13.3. The predicted octanol–water partition coefficient (Wildman–Crippen LogP) is 17.5. The number of hydrogen-bond donors (Lipinski definition) is 3. The summed E-state index contributed by atoms with van der Waals surface area (Å²) >= 11 is 0. The van der Waals surface area contributed by atoms with Gasteiger partial charge in [-0.25, -0.2) is 0 Å². The number of rotatable bonds is 53. The lowest BCUT2D eigenvalue weighted by atomic mass is 10.0. The van der Waals surface area contributed by atoms with Crippen LogP contribution in [0.4, 0.5) is 0 Å². The van der Waals surface area contributed by atoms with E-state index in [4.69, 9.17) is 4.74 Å². The Morgan fingerprint density at radius 3 is 1.20 bits per heavy atom. The summed E-state index contributed by atoms with van der Waals surface area (Å²) in [6.45, 7) is 4.92. The van der Waals surface area contributed by atoms with Crippen molar-refractivity contribution in [2.45, 2.75) is 321 Å². The molecule has 0 heterocycles. The number of hydrogen-bond acceptors (Lipinski definition) is 5. The molecule has 6 heteroatoms. The van der Waals surface area contributed by atoms with Gasteiger partial charge >= 0.3 is 5.97 Å². The van der Waals surface area contributed by atoms with Crippen LogP contribution in [-0.2, 0) is 14.3 Å². The van der Waals surface area contributed by atoms with Crippen molar-refractivity contribution in [3.63, 3.8) is 0 Å². The summed E-state index contributed by atoms with van der Waals surface area (Å²) in [4.78, 5) is 24.5. The van der Waals surface area contributed by atoms with Crippen molar-refractivity contribution in [3.05, 3.63) is 24.3 Å². The average Bonchev–Trinajstić information content (AvgIpc) is 3.29. The molecule has 0 radical (unpaired) electrons. The molecule has 0 aromatic rings. The van der Waals surface area contributed by atoms with Crippen LogP contribution in [0.2, 0.25) is 0 Å². The Balaban J connectivity index is 3.36. The number of allylic oxidation sites excluding steroid dienone is 4. The van der Waals surface area contributed by atoms with E-state index in [0.717, 1.165) is 51.4 Å². The lowest BCUT2D eigenvalue weighted by Crippen LogP contribution is -2.45. The van der Waals surface area contributed by atoms with Crippen molar-refractivity contribution in [3.8, 4) is 0 Å². The van der Waals surface area contributed by atoms with Crippen LogP contribution in [-0.4, -0.2) is 47.4 Å². The fourth-order valence-corrected chi connectivity index (χ4v) is 8.85. The summed E-state index contributed by atoms with van der Waals surface area (Å²) in [6.07, 6.45) is 64.6. The number of nitrogens with one attached hydrogen (secondary N) is 1. The molecule has 2 unspecified atom stereocenters. The van der Waals surface area contributed by atoms with Crippen LogP contribution in [0.15, 0.2) is 24.3 Å². The molecule has 0 aliphatic heterocycles. The van der Waals surface area contributed by atoms with Crippen molar-refractivity contribution in [1.82, 2.24) is 5.32 Å². The van der Waals surface area contributed by atoms with Crippen LogP contribution < -0.4 is 5.32 Å². The average molecular weight is 903 g/mol. The lowest BCUT2D eigenvalue weighted by Gasteiger charge is -2.22. The molecule has 0 spiro atoms. The third kappa shape index (κ3) is 49.8. The summed E-state index contributed by atoms with van der Waals surface area (Å²) in [5.41, 5.74) is 0. The Morgan fingerprint density at radius 1 is 0.438 bits per heavy atom. The van der Waals surface area contributed by atoms with Gasteiger partial charge in [0.05, 0.1) is 25.4 Å². The number of unbranched alkanes of at least 4 members (excludes halogenated alkanes) is 38. The van der Waals surface area contributed by atoms with Gasteiger partial charge in [-0.15, -0.1) is 0 Å². The van der Waals surface area contributed by atoms with E-state index in [-0.39, 0.29) is 18.5 Å². The molecule has 64 heavy (non-hydrogen) atoms. The van der Waals surface area contributed by atoms with Gasteiger partial charge in [0.15, 0.2) is 0 Å². The maximum atomic E-state index is 12.4. The van der Waals surface area contributed by atoms with E-state index >= 15 is 0 Å². The second-order valence-electron chi connectivity index (χ2n) is 19.6. The van der Waals surface area contributed by atoms with Gasteiger partial charge in [-0.3, -0.25) is 9.59 Å². The van der Waals surface area contributed by atoms with Gasteiger partial charge < -0.3 is 20.3 Å². The summed E-state index contributed by atoms with van der Waals surface area (Å²) < 4.78 is 5.49. The first-order valence-corrected chi connectivity index (χ1v) is 28.6. The van der Waals surface area contributed by atoms with Gasteiger partial charge in [0.1, 0.15) is 0 Å². The van der Waals surface area contributed by atoms with Crippen molar-refractivity contribution >= 4 is 11.9 Å². The number of ether oxygens (including phenoxy) is 1. The van der Waals surface area contributed by atoms with Crippen LogP contribution in [0.1, 0.15) is 309 Å². The monoisotopic (exact) mass is 902 g/mol. The molecular weight excluding hydrogens is 791 g/mol. The molecule has 0 aromatic heterocycles. The van der Waals surface area contributed by atoms with Crippen molar-refractivity contribution in [2.75, 3.05) is 13.2 Å². The standard InChI is InChI=1S/C58H111NO5/c1-3-5-7-9-11-13-14-15-16-17-23-26-29-32-36-40-44-48-52-58(63)64-53-49-45-41-37-33-30-27-24-21-19-18-20-22-25-28-31-35-39-43-47-51-57(62)59-55(54-60)56(61)50-46-42-38-34-12-10-8-6-4-2/h13-14,16-17,55-56,60-61H,3-12,15,18-54H2,1-2H3,(H,59,62)/b14-13-,17-16-. The van der Waals surface area contributed by atoms with E-state index in [1.807, 2.05) is 0 Å². The third-order valence-electron chi connectivity index (χ3n) is 13.3. The van der Waals surface area contributed by atoms with Crippen molar-refractivity contribution < 1.29 is 24.5 Å². The highest BCUT2D eigenvalue weighted by Crippen LogP contribution is 2.17. The smallest absolute Gasteiger partial charge is 0.305 e. The highest BCUT2D eigenvalue weighted by molar-refractivity contribution is 5.76. The largest absolute Gasteiger partial charge is 0.466 e. The zero-order valence-corrected chi connectivity index (χ0v) is 43.0. The zero-order valence-electron chi connectivity index (χ0n) is 43.0. The van der Waals surface area contributed by atoms with Crippen molar-refractivity contribution in [2.24, 2.45) is 0 Å². The first kappa shape index (κ1) is 62.3. The van der Waals surface area contributed by atoms with Crippen LogP contribution in [0, 0.1) is 0 Å². The second-order valence-corrected chi connectivity index (χ2v) is 19.6. The van der Waals surface area contributed by atoms with Gasteiger partial charge in [0.25, 0.3) is 0 Å². The number of carbonyl (C=O) groups is 2. The Labute approximate surface area is 399 Å². The molecule has 0 saturated carbocycles. The van der Waals surface area contributed by atoms with Gasteiger partial charge in [-0.1, -0.05) is 263 Å². The van der Waals surface area contributed by atoms with Crippen molar-refractivity contribution in [1.29, 1.82) is 0 Å². The maximum absolute atomic E-state index is 12.4. The van der Waals surface area contributed by atoms with Gasteiger partial charge in [0, 0.05) is 12.8 Å². The molecule has 0 rings (SSSR count). The molecule has 0 aliphatic carbocycles. The molecule has 0 bridgehead atoms. The Hall–Kier alpha value is -1.66. The van der Waals surface area contributed by atoms with E-state index in [1.165, 1.54) is 225 Å². The summed E-state index contributed by atoms with van der Waals surface area (Å²) in [5, 5.41) is 23.1. The number of amides is 1. The highest BCUT2D eigenvalue weighted by Gasteiger charge is 2.20. The minimum absolute atomic E-state index is 0.00321. The molecule has 2 atom stereocenters. The Kier molecular flexibility index (Phi) is 52.6. The normalized spacial score (nSPS) is 12.8. The minimum atomic E-state index is -0.663. The number of esters is 1. The number of carbonyl (C=O) groups excluding carboxylic acids is 2. The quantitative estimate of drug-likeness (QED) is 0.0321. The fourth-order valence-electron chi connectivity index (χ4n) is 8.85. The molecule has 3 N–H and O–H groups in total. The minimum Gasteiger partial charge on any atom is -0.466 e. The van der Waals surface area contributed by atoms with E-state index in [9.17, 15) is 19.8 Å². The van der Waals surface area contributed by atoms with Crippen LogP contribution in [0.5, 0.6) is 0 Å². The SMILES string of the molecule is CCCCCC/C=C\C/C=C\CCCCCCCCCC(=O)OCCCCCCCCCCCCCCCCCCCCCCC(=O)NC(CO)C(O)CCCCCCCCCCC. The van der Waals surface area contributed by atoms with E-state index in [0.29, 0.717) is 25.9 Å². The fraction of sp³-hybridized carbons (Fsp3) is 0.897. The number of aliphatic hydroxyl groups is 2. The Bertz CT molecular complexity index is 997. The molecule has 0 aromatic carbocycles. The molecule has 6 nitrogen and oxygen atoms in total. The van der Waals surface area contributed by atoms with E-state index < -0.39 is 12.1 Å². The van der Waals surface area contributed by atoms with E-state index in [1.54, 1.807) is 0 Å². The maximum Gasteiger partial charge on any atom is 0.305 e. The predicted molar refractivity (Wildman–Crippen MR) is 278 cm³/mol. The Morgan fingerprint density at radius 2 is 0.781 bits per heavy atom. The topological polar surface area (TPSA) is 95.9 Å². The van der Waals surface area contributed by atoms with Crippen LogP contribution >= 0.6 is 0 Å². The number of aliphatic hydroxyl groups excluding tert-OH is 2. The molecule has 378 valence electrons. The first-order valence-electron chi connectivity index (χ1n) is 28.6. The van der Waals surface area contributed by atoms with Crippen LogP contribution in [0.25, 0.3) is 0 Å². The van der Waals surface area contributed by atoms with Gasteiger partial charge in [0.2, 0.25) is 5.91 Å². The van der Waals surface area contributed by atoms with Gasteiger partial charge in [-0.05, 0) is 57.8 Å². The molecule has 0 fully saturated rings.